The Balaban J connectivity index is 2.57. The van der Waals surface area contributed by atoms with Gasteiger partial charge in [-0.3, -0.25) is 4.99 Å². The number of benzene rings is 1. The number of rotatable bonds is 8. The van der Waals surface area contributed by atoms with Crippen LogP contribution in [0.15, 0.2) is 29.3 Å². The molecule has 1 atom stereocenters. The minimum Gasteiger partial charge on any atom is -0.496 e. The Hall–Kier alpha value is -1.75. The summed E-state index contributed by atoms with van der Waals surface area (Å²) in [4.78, 5) is 4.59. The van der Waals surface area contributed by atoms with Crippen LogP contribution in [0.2, 0.25) is 0 Å². The molecule has 1 aromatic carbocycles. The van der Waals surface area contributed by atoms with Crippen LogP contribution in [-0.2, 0) is 11.2 Å². The van der Waals surface area contributed by atoms with Gasteiger partial charge >= 0.3 is 0 Å². The number of aliphatic imine (C=N–C) groups is 1. The summed E-state index contributed by atoms with van der Waals surface area (Å²) in [5.41, 5.74) is 1.17. The molecule has 0 heterocycles. The molecule has 0 amide bonds. The average molecular weight is 293 g/mol. The van der Waals surface area contributed by atoms with Crippen molar-refractivity contribution in [1.29, 1.82) is 0 Å². The average Bonchev–Trinajstić information content (AvgIpc) is 2.48. The van der Waals surface area contributed by atoms with Crippen LogP contribution in [0.5, 0.6) is 5.75 Å². The van der Waals surface area contributed by atoms with E-state index in [1.807, 2.05) is 18.2 Å². The highest BCUT2D eigenvalue weighted by atomic mass is 16.5. The number of para-hydroxylation sites is 1. The van der Waals surface area contributed by atoms with Gasteiger partial charge in [-0.05, 0) is 31.9 Å². The fourth-order valence-corrected chi connectivity index (χ4v) is 2.04. The Morgan fingerprint density at radius 1 is 1.29 bits per heavy atom. The highest BCUT2D eigenvalue weighted by Gasteiger charge is 2.05. The summed E-state index contributed by atoms with van der Waals surface area (Å²) in [6.45, 7) is 6.31. The smallest absolute Gasteiger partial charge is 0.191 e. The predicted octanol–water partition coefficient (Wildman–Crippen LogP) is 1.83. The Morgan fingerprint density at radius 3 is 2.71 bits per heavy atom. The van der Waals surface area contributed by atoms with E-state index in [1.54, 1.807) is 14.2 Å². The number of hydrogen-bond donors (Lipinski definition) is 2. The maximum absolute atomic E-state index is 5.35. The second-order valence-corrected chi connectivity index (χ2v) is 4.82. The monoisotopic (exact) mass is 293 g/mol. The van der Waals surface area contributed by atoms with Crippen LogP contribution in [0.3, 0.4) is 0 Å². The van der Waals surface area contributed by atoms with E-state index < -0.39 is 0 Å². The molecule has 0 aliphatic rings. The van der Waals surface area contributed by atoms with Gasteiger partial charge in [0.05, 0.1) is 13.7 Å². The van der Waals surface area contributed by atoms with Crippen molar-refractivity contribution in [3.05, 3.63) is 29.8 Å². The van der Waals surface area contributed by atoms with Gasteiger partial charge in [0.25, 0.3) is 0 Å². The van der Waals surface area contributed by atoms with Crippen molar-refractivity contribution in [2.45, 2.75) is 26.3 Å². The van der Waals surface area contributed by atoms with Gasteiger partial charge in [0.2, 0.25) is 0 Å². The summed E-state index contributed by atoms with van der Waals surface area (Å²) in [5.74, 6) is 1.73. The topological polar surface area (TPSA) is 54.9 Å². The first-order chi connectivity index (χ1) is 10.2. The highest BCUT2D eigenvalue weighted by Crippen LogP contribution is 2.17. The minimum absolute atomic E-state index is 0.221. The zero-order chi connectivity index (χ0) is 15.5. The van der Waals surface area contributed by atoms with Crippen molar-refractivity contribution in [2.75, 3.05) is 33.9 Å². The number of hydrogen-bond acceptors (Lipinski definition) is 3. The molecule has 0 spiro atoms. The Labute approximate surface area is 127 Å². The van der Waals surface area contributed by atoms with E-state index in [0.29, 0.717) is 13.2 Å². The third kappa shape index (κ3) is 6.49. The summed E-state index contributed by atoms with van der Waals surface area (Å²) < 4.78 is 10.5. The lowest BCUT2D eigenvalue weighted by Gasteiger charge is -2.17. The highest BCUT2D eigenvalue weighted by molar-refractivity contribution is 5.80. The molecule has 0 bridgehead atoms. The van der Waals surface area contributed by atoms with Crippen LogP contribution in [0, 0.1) is 0 Å². The predicted molar refractivity (Wildman–Crippen MR) is 87.2 cm³/mol. The maximum Gasteiger partial charge on any atom is 0.191 e. The van der Waals surface area contributed by atoms with Gasteiger partial charge in [0.15, 0.2) is 5.96 Å². The largest absolute Gasteiger partial charge is 0.496 e. The van der Waals surface area contributed by atoms with Crippen molar-refractivity contribution in [2.24, 2.45) is 4.99 Å². The number of nitrogens with one attached hydrogen (secondary N) is 2. The number of ether oxygens (including phenoxy) is 2. The lowest BCUT2D eigenvalue weighted by Crippen LogP contribution is -2.44. The molecule has 2 N–H and O–H groups in total. The first-order valence-corrected chi connectivity index (χ1v) is 7.36. The van der Waals surface area contributed by atoms with Gasteiger partial charge < -0.3 is 20.1 Å². The normalized spacial score (nSPS) is 12.9. The summed E-state index contributed by atoms with van der Waals surface area (Å²) in [6.07, 6.45) is 0.846. The standard InChI is InChI=1S/C16H27N3O2/c1-5-17-16(19-13(2)12-20-3)18-11-10-14-8-6-7-9-15(14)21-4/h6-9,13H,5,10-12H2,1-4H3,(H2,17,18,19). The molecule has 0 radical (unpaired) electrons. The zero-order valence-corrected chi connectivity index (χ0v) is 13.5. The molecule has 0 fully saturated rings. The minimum atomic E-state index is 0.221. The van der Waals surface area contributed by atoms with E-state index >= 15 is 0 Å². The molecule has 0 saturated carbocycles. The number of methoxy groups -OCH3 is 2. The van der Waals surface area contributed by atoms with E-state index in [0.717, 1.165) is 24.7 Å². The molecule has 0 saturated heterocycles. The zero-order valence-electron chi connectivity index (χ0n) is 13.5. The van der Waals surface area contributed by atoms with Crippen molar-refractivity contribution in [3.8, 4) is 5.75 Å². The van der Waals surface area contributed by atoms with Crippen molar-refractivity contribution >= 4 is 5.96 Å². The van der Waals surface area contributed by atoms with E-state index in [2.05, 4.69) is 35.5 Å². The van der Waals surface area contributed by atoms with Gasteiger partial charge in [-0.1, -0.05) is 18.2 Å². The Kier molecular flexibility index (Phi) is 8.28. The molecular weight excluding hydrogens is 266 g/mol. The lowest BCUT2D eigenvalue weighted by molar-refractivity contribution is 0.179. The van der Waals surface area contributed by atoms with E-state index in [-0.39, 0.29) is 6.04 Å². The molecule has 5 heteroatoms. The SMILES string of the molecule is CCNC(=NCCc1ccccc1OC)NC(C)COC. The van der Waals surface area contributed by atoms with Crippen LogP contribution >= 0.6 is 0 Å². The molecule has 5 nitrogen and oxygen atoms in total. The third-order valence-corrected chi connectivity index (χ3v) is 2.99. The molecule has 1 rings (SSSR count). The van der Waals surface area contributed by atoms with Crippen molar-refractivity contribution < 1.29 is 9.47 Å². The van der Waals surface area contributed by atoms with Gasteiger partial charge in [0, 0.05) is 26.2 Å². The first kappa shape index (κ1) is 17.3. The summed E-state index contributed by atoms with van der Waals surface area (Å²) in [7, 11) is 3.39. The van der Waals surface area contributed by atoms with Crippen LogP contribution in [-0.4, -0.2) is 45.9 Å². The summed E-state index contributed by atoms with van der Waals surface area (Å²) >= 11 is 0. The molecule has 1 unspecified atom stereocenters. The quantitative estimate of drug-likeness (QED) is 0.567. The third-order valence-electron chi connectivity index (χ3n) is 2.99. The van der Waals surface area contributed by atoms with E-state index in [1.165, 1.54) is 5.56 Å². The van der Waals surface area contributed by atoms with Gasteiger partial charge in [-0.15, -0.1) is 0 Å². The molecular formula is C16H27N3O2. The first-order valence-electron chi connectivity index (χ1n) is 7.36. The Bertz CT molecular complexity index is 435. The lowest BCUT2D eigenvalue weighted by atomic mass is 10.1. The Morgan fingerprint density at radius 2 is 2.05 bits per heavy atom. The van der Waals surface area contributed by atoms with Crippen molar-refractivity contribution in [3.63, 3.8) is 0 Å². The van der Waals surface area contributed by atoms with Crippen molar-refractivity contribution in [1.82, 2.24) is 10.6 Å². The summed E-state index contributed by atoms with van der Waals surface area (Å²) in [6, 6.07) is 8.26. The van der Waals surface area contributed by atoms with E-state index in [4.69, 9.17) is 9.47 Å². The molecule has 1 aromatic rings. The second-order valence-electron chi connectivity index (χ2n) is 4.82. The van der Waals surface area contributed by atoms with Crippen LogP contribution in [0.4, 0.5) is 0 Å². The van der Waals surface area contributed by atoms with Gasteiger partial charge in [-0.25, -0.2) is 0 Å². The number of guanidine groups is 1. The maximum atomic E-state index is 5.35. The molecule has 0 aromatic heterocycles. The van der Waals surface area contributed by atoms with Gasteiger partial charge in [-0.2, -0.15) is 0 Å². The fraction of sp³-hybridized carbons (Fsp3) is 0.562. The van der Waals surface area contributed by atoms with Gasteiger partial charge in [0.1, 0.15) is 5.75 Å². The van der Waals surface area contributed by atoms with E-state index in [9.17, 15) is 0 Å². The molecule has 21 heavy (non-hydrogen) atoms. The van der Waals surface area contributed by atoms with Crippen LogP contribution in [0.1, 0.15) is 19.4 Å². The summed E-state index contributed by atoms with van der Waals surface area (Å²) in [5, 5.41) is 6.56. The molecule has 0 aliphatic heterocycles. The number of nitrogens with zero attached hydrogens (tertiary/aromatic N) is 1. The molecule has 0 aliphatic carbocycles. The molecule has 118 valence electrons. The second kappa shape index (κ2) is 10.0. The fourth-order valence-electron chi connectivity index (χ4n) is 2.04. The van der Waals surface area contributed by atoms with Crippen LogP contribution < -0.4 is 15.4 Å². The van der Waals surface area contributed by atoms with Crippen LogP contribution in [0.25, 0.3) is 0 Å².